The summed E-state index contributed by atoms with van der Waals surface area (Å²) in [6.45, 7) is 1.99. The highest BCUT2D eigenvalue weighted by Gasteiger charge is 2.32. The van der Waals surface area contributed by atoms with Crippen LogP contribution in [0.25, 0.3) is 0 Å². The Balaban J connectivity index is 1.90. The number of carbonyl (C=O) groups excluding carboxylic acids is 2. The van der Waals surface area contributed by atoms with E-state index in [2.05, 4.69) is 10.3 Å². The van der Waals surface area contributed by atoms with Gasteiger partial charge >= 0.3 is 0 Å². The lowest BCUT2D eigenvalue weighted by molar-refractivity contribution is 0.0974. The molecule has 2 heterocycles. The zero-order valence-corrected chi connectivity index (χ0v) is 15.5. The molecule has 1 unspecified atom stereocenters. The van der Waals surface area contributed by atoms with E-state index in [4.69, 9.17) is 11.1 Å². The Bertz CT molecular complexity index is 934. The fourth-order valence-corrected chi connectivity index (χ4v) is 4.34. The van der Waals surface area contributed by atoms with Crippen LogP contribution in [0.4, 0.5) is 10.1 Å². The highest BCUT2D eigenvalue weighted by molar-refractivity contribution is 8.13. The molecular formula is C19H19FN4O2S. The van der Waals surface area contributed by atoms with Crippen LogP contribution in [-0.4, -0.2) is 27.6 Å². The lowest BCUT2D eigenvalue weighted by Crippen LogP contribution is -2.30. The van der Waals surface area contributed by atoms with E-state index >= 15 is 0 Å². The number of halogens is 1. The third-order valence-electron chi connectivity index (χ3n) is 4.62. The molecule has 1 fully saturated rings. The van der Waals surface area contributed by atoms with Crippen LogP contribution in [-0.2, 0) is 5.41 Å². The van der Waals surface area contributed by atoms with E-state index in [1.54, 1.807) is 6.07 Å². The number of rotatable bonds is 4. The average Bonchev–Trinajstić information content (AvgIpc) is 2.61. The number of carbonyl (C=O) groups is 2. The molecule has 140 valence electrons. The van der Waals surface area contributed by atoms with Gasteiger partial charge in [-0.25, -0.2) is 4.39 Å². The summed E-state index contributed by atoms with van der Waals surface area (Å²) in [6, 6.07) is 7.27. The fraction of sp³-hybridized carbons (Fsp3) is 0.263. The number of nitrogens with zero attached hydrogens (tertiary/aromatic N) is 1. The topological polar surface area (TPSA) is 109 Å². The van der Waals surface area contributed by atoms with Crippen molar-refractivity contribution in [1.29, 1.82) is 5.41 Å². The maximum absolute atomic E-state index is 14.2. The zero-order valence-electron chi connectivity index (χ0n) is 14.7. The molecular weight excluding hydrogens is 367 g/mol. The molecule has 0 radical (unpaired) electrons. The van der Waals surface area contributed by atoms with Crippen molar-refractivity contribution in [3.8, 4) is 0 Å². The first-order valence-corrected chi connectivity index (χ1v) is 9.34. The Hall–Kier alpha value is -2.74. The smallest absolute Gasteiger partial charge is 0.275 e. The van der Waals surface area contributed by atoms with Crippen LogP contribution in [0.5, 0.6) is 0 Å². The van der Waals surface area contributed by atoms with Gasteiger partial charge in [-0.2, -0.15) is 0 Å². The summed E-state index contributed by atoms with van der Waals surface area (Å²) >= 11 is 1.50. The van der Waals surface area contributed by atoms with Crippen molar-refractivity contribution in [3.63, 3.8) is 0 Å². The van der Waals surface area contributed by atoms with Crippen LogP contribution in [0, 0.1) is 11.2 Å². The molecule has 1 saturated heterocycles. The largest absolute Gasteiger partial charge is 0.366 e. The normalized spacial score (nSPS) is 19.6. The minimum absolute atomic E-state index is 0.00339. The summed E-state index contributed by atoms with van der Waals surface area (Å²) in [6.07, 6.45) is 2.72. The van der Waals surface area contributed by atoms with Crippen LogP contribution in [0.15, 0.2) is 36.5 Å². The molecule has 1 aliphatic heterocycles. The second kappa shape index (κ2) is 7.48. The standard InChI is InChI=1S/C19H19FN4O2S/c1-19(4-6-27-15(21)10-19)11-7-12(20)9-13(8-11)24-18(26)16-14(17(22)25)3-2-5-23-16/h2-3,5,7-9,21H,4,6,10H2,1H3,(H2,22,25)(H,24,26). The predicted molar refractivity (Wildman–Crippen MR) is 104 cm³/mol. The summed E-state index contributed by atoms with van der Waals surface area (Å²) < 4.78 is 14.2. The van der Waals surface area contributed by atoms with Crippen molar-refractivity contribution in [1.82, 2.24) is 4.98 Å². The molecule has 27 heavy (non-hydrogen) atoms. The van der Waals surface area contributed by atoms with E-state index in [0.29, 0.717) is 11.5 Å². The zero-order chi connectivity index (χ0) is 19.6. The van der Waals surface area contributed by atoms with Crippen LogP contribution < -0.4 is 11.1 Å². The first-order valence-electron chi connectivity index (χ1n) is 8.36. The summed E-state index contributed by atoms with van der Waals surface area (Å²) in [5.74, 6) is -1.09. The van der Waals surface area contributed by atoms with Gasteiger partial charge in [0.2, 0.25) is 0 Å². The Morgan fingerprint density at radius 2 is 2.15 bits per heavy atom. The van der Waals surface area contributed by atoms with Crippen molar-refractivity contribution in [2.75, 3.05) is 11.1 Å². The number of anilines is 1. The number of primary amides is 1. The third kappa shape index (κ3) is 4.16. The number of hydrogen-bond acceptors (Lipinski definition) is 5. The van der Waals surface area contributed by atoms with Gasteiger partial charge in [-0.05, 0) is 53.5 Å². The van der Waals surface area contributed by atoms with Crippen LogP contribution in [0.1, 0.15) is 46.2 Å². The monoisotopic (exact) mass is 386 g/mol. The van der Waals surface area contributed by atoms with E-state index in [9.17, 15) is 14.0 Å². The van der Waals surface area contributed by atoms with Crippen LogP contribution in [0.2, 0.25) is 0 Å². The van der Waals surface area contributed by atoms with Crippen LogP contribution in [0.3, 0.4) is 0 Å². The predicted octanol–water partition coefficient (Wildman–Crippen LogP) is 3.33. The second-order valence-corrected chi connectivity index (χ2v) is 7.90. The van der Waals surface area contributed by atoms with Gasteiger partial charge in [0.15, 0.2) is 0 Å². The van der Waals surface area contributed by atoms with Gasteiger partial charge in [0.05, 0.1) is 10.6 Å². The number of pyridine rings is 1. The van der Waals surface area contributed by atoms with Gasteiger partial charge < -0.3 is 11.1 Å². The molecule has 4 N–H and O–H groups in total. The quantitative estimate of drug-likeness (QED) is 0.749. The van der Waals surface area contributed by atoms with Crippen molar-refractivity contribution in [2.24, 2.45) is 5.73 Å². The van der Waals surface area contributed by atoms with E-state index in [0.717, 1.165) is 17.7 Å². The lowest BCUT2D eigenvalue weighted by Gasteiger charge is -2.34. The number of aromatic nitrogens is 1. The van der Waals surface area contributed by atoms with Crippen molar-refractivity contribution in [3.05, 3.63) is 59.2 Å². The van der Waals surface area contributed by atoms with Crippen LogP contribution >= 0.6 is 11.8 Å². The maximum Gasteiger partial charge on any atom is 0.275 e. The molecule has 1 aromatic heterocycles. The molecule has 0 aliphatic carbocycles. The minimum Gasteiger partial charge on any atom is -0.366 e. The van der Waals surface area contributed by atoms with Gasteiger partial charge in [-0.1, -0.05) is 6.92 Å². The number of thioether (sulfide) groups is 1. The molecule has 1 aliphatic rings. The van der Waals surface area contributed by atoms with Gasteiger partial charge in [0, 0.05) is 18.3 Å². The Labute approximate surface area is 160 Å². The Morgan fingerprint density at radius 1 is 1.37 bits per heavy atom. The fourth-order valence-electron chi connectivity index (χ4n) is 3.13. The molecule has 0 bridgehead atoms. The summed E-state index contributed by atoms with van der Waals surface area (Å²) in [4.78, 5) is 27.9. The van der Waals surface area contributed by atoms with Crippen molar-refractivity contribution in [2.45, 2.75) is 25.2 Å². The maximum atomic E-state index is 14.2. The third-order valence-corrected chi connectivity index (χ3v) is 5.52. The molecule has 0 spiro atoms. The second-order valence-electron chi connectivity index (χ2n) is 6.71. The van der Waals surface area contributed by atoms with Gasteiger partial charge in [0.25, 0.3) is 11.8 Å². The first-order chi connectivity index (χ1) is 12.8. The molecule has 0 saturated carbocycles. The molecule has 3 rings (SSSR count). The van der Waals surface area contributed by atoms with Gasteiger partial charge in [-0.15, -0.1) is 11.8 Å². The molecule has 2 amide bonds. The Kier molecular flexibility index (Phi) is 5.27. The number of nitrogens with one attached hydrogen (secondary N) is 2. The highest BCUT2D eigenvalue weighted by Crippen LogP contribution is 2.39. The molecule has 1 atom stereocenters. The van der Waals surface area contributed by atoms with Gasteiger partial charge in [0.1, 0.15) is 11.5 Å². The number of hydrogen-bond donors (Lipinski definition) is 3. The van der Waals surface area contributed by atoms with Crippen molar-refractivity contribution >= 4 is 34.3 Å². The number of nitrogens with two attached hydrogens (primary N) is 1. The van der Waals surface area contributed by atoms with E-state index in [1.807, 2.05) is 6.92 Å². The highest BCUT2D eigenvalue weighted by atomic mass is 32.2. The first kappa shape index (κ1) is 19.0. The number of benzene rings is 1. The summed E-state index contributed by atoms with van der Waals surface area (Å²) in [7, 11) is 0. The number of amides is 2. The minimum atomic E-state index is -0.765. The van der Waals surface area contributed by atoms with E-state index in [-0.39, 0.29) is 22.4 Å². The summed E-state index contributed by atoms with van der Waals surface area (Å²) in [5.41, 5.74) is 5.78. The van der Waals surface area contributed by atoms with Crippen molar-refractivity contribution < 1.29 is 14.0 Å². The van der Waals surface area contributed by atoms with E-state index in [1.165, 1.54) is 42.2 Å². The molecule has 8 heteroatoms. The molecule has 6 nitrogen and oxygen atoms in total. The summed E-state index contributed by atoms with van der Waals surface area (Å²) in [5, 5.41) is 11.1. The Morgan fingerprint density at radius 3 is 2.85 bits per heavy atom. The molecule has 1 aromatic carbocycles. The lowest BCUT2D eigenvalue weighted by atomic mass is 9.77. The average molecular weight is 386 g/mol. The molecule has 2 aromatic rings. The van der Waals surface area contributed by atoms with Gasteiger partial charge in [-0.3, -0.25) is 20.0 Å². The van der Waals surface area contributed by atoms with E-state index < -0.39 is 17.6 Å². The SMILES string of the molecule is CC1(c2cc(F)cc(NC(=O)c3ncccc3C(N)=O)c2)CCSC(=N)C1.